The Labute approximate surface area is 88.5 Å². The lowest BCUT2D eigenvalue weighted by molar-refractivity contribution is -0.118. The molecule has 15 heavy (non-hydrogen) atoms. The maximum absolute atomic E-state index is 12.9. The van der Waals surface area contributed by atoms with Gasteiger partial charge in [0.1, 0.15) is 5.82 Å². The number of carbonyl (C=O) groups excluding carboxylic acids is 1. The van der Waals surface area contributed by atoms with Gasteiger partial charge in [0, 0.05) is 12.5 Å². The molecule has 1 rings (SSSR count). The van der Waals surface area contributed by atoms with Crippen molar-refractivity contribution in [3.63, 3.8) is 0 Å². The highest BCUT2D eigenvalue weighted by molar-refractivity contribution is 5.73. The summed E-state index contributed by atoms with van der Waals surface area (Å²) in [7, 11) is 0. The molecule has 0 unspecified atom stereocenters. The van der Waals surface area contributed by atoms with Gasteiger partial charge in [0.15, 0.2) is 0 Å². The van der Waals surface area contributed by atoms with E-state index in [0.29, 0.717) is 5.56 Å². The van der Waals surface area contributed by atoms with Gasteiger partial charge in [-0.1, -0.05) is 11.8 Å². The van der Waals surface area contributed by atoms with E-state index < -0.39 is 0 Å². The van der Waals surface area contributed by atoms with Gasteiger partial charge in [-0.25, -0.2) is 4.39 Å². The number of hydrogen-bond donors (Lipinski definition) is 1. The van der Waals surface area contributed by atoms with E-state index in [1.165, 1.54) is 19.1 Å². The van der Waals surface area contributed by atoms with E-state index in [9.17, 15) is 9.18 Å². The van der Waals surface area contributed by atoms with E-state index in [1.807, 2.05) is 6.92 Å². The lowest BCUT2D eigenvalue weighted by Gasteiger charge is -1.95. The molecule has 1 aromatic carbocycles. The van der Waals surface area contributed by atoms with E-state index in [2.05, 4.69) is 17.2 Å². The molecule has 0 atom stereocenters. The van der Waals surface area contributed by atoms with E-state index >= 15 is 0 Å². The van der Waals surface area contributed by atoms with Gasteiger partial charge in [-0.15, -0.1) is 0 Å². The number of aryl methyl sites for hydroxylation is 1. The SMILES string of the molecule is CC(=O)NCC#Cc1cc(C)cc(F)c1. The summed E-state index contributed by atoms with van der Waals surface area (Å²) in [6.45, 7) is 3.51. The highest BCUT2D eigenvalue weighted by atomic mass is 19.1. The standard InChI is InChI=1S/C12H12FNO/c1-9-6-11(8-12(13)7-9)4-3-5-14-10(2)15/h6-8H,5H2,1-2H3,(H,14,15). The summed E-state index contributed by atoms with van der Waals surface area (Å²) in [5.41, 5.74) is 1.46. The Morgan fingerprint density at radius 2 is 2.20 bits per heavy atom. The quantitative estimate of drug-likeness (QED) is 0.693. The molecule has 0 aliphatic carbocycles. The summed E-state index contributed by atoms with van der Waals surface area (Å²) < 4.78 is 12.9. The molecule has 0 heterocycles. The van der Waals surface area contributed by atoms with E-state index in [1.54, 1.807) is 6.07 Å². The topological polar surface area (TPSA) is 29.1 Å². The van der Waals surface area contributed by atoms with Gasteiger partial charge in [0.25, 0.3) is 0 Å². The molecule has 3 heteroatoms. The molecule has 1 N–H and O–H groups in total. The number of rotatable bonds is 1. The first kappa shape index (κ1) is 11.3. The Bertz CT molecular complexity index is 409. The minimum atomic E-state index is -0.293. The van der Waals surface area contributed by atoms with Crippen LogP contribution in [0.25, 0.3) is 0 Å². The van der Waals surface area contributed by atoms with Crippen molar-refractivity contribution in [3.8, 4) is 11.8 Å². The largest absolute Gasteiger partial charge is 0.345 e. The second-order valence-corrected chi connectivity index (χ2v) is 3.23. The number of amides is 1. The van der Waals surface area contributed by atoms with Crippen LogP contribution < -0.4 is 5.32 Å². The van der Waals surface area contributed by atoms with Gasteiger partial charge in [0.2, 0.25) is 5.91 Å². The average molecular weight is 205 g/mol. The van der Waals surface area contributed by atoms with Crippen LogP contribution in [0.2, 0.25) is 0 Å². The molecular formula is C12H12FNO. The third-order valence-corrected chi connectivity index (χ3v) is 1.70. The van der Waals surface area contributed by atoms with Crippen molar-refractivity contribution in [1.82, 2.24) is 5.32 Å². The van der Waals surface area contributed by atoms with Crippen molar-refractivity contribution in [2.24, 2.45) is 0 Å². The van der Waals surface area contributed by atoms with Crippen molar-refractivity contribution in [3.05, 3.63) is 35.1 Å². The molecule has 0 radical (unpaired) electrons. The second kappa shape index (κ2) is 5.16. The van der Waals surface area contributed by atoms with Crippen molar-refractivity contribution in [2.45, 2.75) is 13.8 Å². The van der Waals surface area contributed by atoms with Crippen molar-refractivity contribution in [2.75, 3.05) is 6.54 Å². The third-order valence-electron chi connectivity index (χ3n) is 1.70. The number of nitrogens with one attached hydrogen (secondary N) is 1. The van der Waals surface area contributed by atoms with Gasteiger partial charge in [-0.3, -0.25) is 4.79 Å². The highest BCUT2D eigenvalue weighted by Gasteiger charge is 1.94. The van der Waals surface area contributed by atoms with Crippen LogP contribution >= 0.6 is 0 Å². The number of benzene rings is 1. The maximum atomic E-state index is 12.9. The molecule has 0 aliphatic rings. The van der Waals surface area contributed by atoms with Gasteiger partial charge in [-0.05, 0) is 30.7 Å². The maximum Gasteiger partial charge on any atom is 0.217 e. The van der Waals surface area contributed by atoms with Crippen LogP contribution in [0.3, 0.4) is 0 Å². The van der Waals surface area contributed by atoms with Crippen LogP contribution in [-0.2, 0) is 4.79 Å². The molecule has 0 spiro atoms. The average Bonchev–Trinajstić information content (AvgIpc) is 2.10. The Hall–Kier alpha value is -1.82. The molecule has 1 amide bonds. The van der Waals surface area contributed by atoms with Crippen LogP contribution in [0, 0.1) is 24.6 Å². The molecular weight excluding hydrogens is 193 g/mol. The van der Waals surface area contributed by atoms with Gasteiger partial charge in [0.05, 0.1) is 6.54 Å². The van der Waals surface area contributed by atoms with E-state index in [0.717, 1.165) is 5.56 Å². The summed E-state index contributed by atoms with van der Waals surface area (Å²) >= 11 is 0. The molecule has 0 fully saturated rings. The van der Waals surface area contributed by atoms with Gasteiger partial charge < -0.3 is 5.32 Å². The lowest BCUT2D eigenvalue weighted by atomic mass is 10.1. The molecule has 0 aliphatic heterocycles. The number of halogens is 1. The summed E-state index contributed by atoms with van der Waals surface area (Å²) in [5.74, 6) is 5.10. The molecule has 0 aromatic heterocycles. The zero-order chi connectivity index (χ0) is 11.3. The van der Waals surface area contributed by atoms with E-state index in [4.69, 9.17) is 0 Å². The molecule has 2 nitrogen and oxygen atoms in total. The molecule has 1 aromatic rings. The van der Waals surface area contributed by atoms with Crippen molar-refractivity contribution >= 4 is 5.91 Å². The second-order valence-electron chi connectivity index (χ2n) is 3.23. The fourth-order valence-corrected chi connectivity index (χ4v) is 1.12. The molecule has 0 saturated carbocycles. The Kier molecular flexibility index (Phi) is 3.87. The minimum absolute atomic E-state index is 0.125. The molecule has 0 bridgehead atoms. The van der Waals surface area contributed by atoms with Crippen LogP contribution in [0.5, 0.6) is 0 Å². The number of hydrogen-bond acceptors (Lipinski definition) is 1. The minimum Gasteiger partial charge on any atom is -0.345 e. The van der Waals surface area contributed by atoms with Crippen molar-refractivity contribution < 1.29 is 9.18 Å². The summed E-state index contributed by atoms with van der Waals surface area (Å²) in [5, 5.41) is 2.54. The zero-order valence-electron chi connectivity index (χ0n) is 8.73. The van der Waals surface area contributed by atoms with Crippen LogP contribution in [0.1, 0.15) is 18.1 Å². The highest BCUT2D eigenvalue weighted by Crippen LogP contribution is 2.06. The van der Waals surface area contributed by atoms with Crippen molar-refractivity contribution in [1.29, 1.82) is 0 Å². The molecule has 0 saturated heterocycles. The molecule has 78 valence electrons. The third kappa shape index (κ3) is 4.28. The zero-order valence-corrected chi connectivity index (χ0v) is 8.73. The first-order chi connectivity index (χ1) is 7.08. The predicted molar refractivity (Wildman–Crippen MR) is 56.7 cm³/mol. The first-order valence-electron chi connectivity index (χ1n) is 4.58. The summed E-state index contributed by atoms with van der Waals surface area (Å²) in [4.78, 5) is 10.5. The fourth-order valence-electron chi connectivity index (χ4n) is 1.12. The Morgan fingerprint density at radius 1 is 1.47 bits per heavy atom. The van der Waals surface area contributed by atoms with Crippen LogP contribution in [-0.4, -0.2) is 12.5 Å². The Balaban J connectivity index is 2.67. The normalized spacial score (nSPS) is 9.00. The smallest absolute Gasteiger partial charge is 0.217 e. The van der Waals surface area contributed by atoms with Crippen LogP contribution in [0.4, 0.5) is 4.39 Å². The monoisotopic (exact) mass is 205 g/mol. The first-order valence-corrected chi connectivity index (χ1v) is 4.58. The predicted octanol–water partition coefficient (Wildman–Crippen LogP) is 1.62. The van der Waals surface area contributed by atoms with Crippen LogP contribution in [0.15, 0.2) is 18.2 Å². The lowest BCUT2D eigenvalue weighted by Crippen LogP contribution is -2.19. The summed E-state index contributed by atoms with van der Waals surface area (Å²) in [6.07, 6.45) is 0. The van der Waals surface area contributed by atoms with Gasteiger partial charge in [-0.2, -0.15) is 0 Å². The number of carbonyl (C=O) groups is 1. The Morgan fingerprint density at radius 3 is 2.80 bits per heavy atom. The van der Waals surface area contributed by atoms with E-state index in [-0.39, 0.29) is 18.3 Å². The van der Waals surface area contributed by atoms with Gasteiger partial charge >= 0.3 is 0 Å². The fraction of sp³-hybridized carbons (Fsp3) is 0.250. The summed E-state index contributed by atoms with van der Waals surface area (Å²) in [6, 6.07) is 4.61.